The van der Waals surface area contributed by atoms with Gasteiger partial charge < -0.3 is 15.8 Å². The fraction of sp³-hybridized carbons (Fsp3) is 0.333. The van der Waals surface area contributed by atoms with Gasteiger partial charge in [-0.3, -0.25) is 19.7 Å². The van der Waals surface area contributed by atoms with Gasteiger partial charge in [0.15, 0.2) is 0 Å². The maximum Gasteiger partial charge on any atom is 0.305 e. The van der Waals surface area contributed by atoms with Crippen molar-refractivity contribution in [2.45, 2.75) is 12.5 Å². The summed E-state index contributed by atoms with van der Waals surface area (Å²) < 4.78 is 17.8. The van der Waals surface area contributed by atoms with Crippen LogP contribution < -0.4 is 11.1 Å². The number of carbonyl (C=O) groups excluding carboxylic acids is 2. The number of carbonyl (C=O) groups is 2. The molecule has 1 aromatic carbocycles. The number of rotatable bonds is 7. The van der Waals surface area contributed by atoms with E-state index >= 15 is 0 Å². The Morgan fingerprint density at radius 1 is 1.52 bits per heavy atom. The molecule has 2 amide bonds. The number of methoxy groups -OCH3 is 1. The van der Waals surface area contributed by atoms with E-state index in [4.69, 9.17) is 5.73 Å². The molecule has 21 heavy (non-hydrogen) atoms. The van der Waals surface area contributed by atoms with Crippen LogP contribution in [-0.2, 0) is 20.7 Å². The second-order valence-corrected chi connectivity index (χ2v) is 4.20. The normalized spacial score (nSPS) is 11.7. The SMILES string of the molecule is COCC(=O)N[C@H](Cc1ccc(F)c([N+](=O)[O-])c1)C(N)=O. The number of primary amides is 1. The molecule has 0 aromatic heterocycles. The lowest BCUT2D eigenvalue weighted by atomic mass is 10.0. The van der Waals surface area contributed by atoms with Crippen LogP contribution in [0.5, 0.6) is 0 Å². The van der Waals surface area contributed by atoms with E-state index in [1.165, 1.54) is 13.2 Å². The minimum atomic E-state index is -1.07. The molecule has 1 atom stereocenters. The largest absolute Gasteiger partial charge is 0.375 e. The van der Waals surface area contributed by atoms with Gasteiger partial charge in [0.25, 0.3) is 0 Å². The summed E-state index contributed by atoms with van der Waals surface area (Å²) in [4.78, 5) is 32.4. The standard InChI is InChI=1S/C12H14FN3O5/c1-21-6-11(17)15-9(12(14)18)4-7-2-3-8(13)10(5-7)16(19)20/h2-3,5,9H,4,6H2,1H3,(H2,14,18)(H,15,17)/t9-/m1/s1. The Bertz CT molecular complexity index is 564. The molecule has 0 heterocycles. The number of nitrogens with one attached hydrogen (secondary N) is 1. The van der Waals surface area contributed by atoms with E-state index in [9.17, 15) is 24.1 Å². The average molecular weight is 299 g/mol. The van der Waals surface area contributed by atoms with Gasteiger partial charge in [0, 0.05) is 19.6 Å². The molecule has 0 spiro atoms. The maximum atomic E-state index is 13.2. The Morgan fingerprint density at radius 2 is 2.19 bits per heavy atom. The minimum absolute atomic E-state index is 0.0914. The zero-order valence-electron chi connectivity index (χ0n) is 11.2. The first kappa shape index (κ1) is 16.5. The van der Waals surface area contributed by atoms with Crippen LogP contribution in [0.1, 0.15) is 5.56 Å². The molecule has 0 radical (unpaired) electrons. The molecule has 9 heteroatoms. The van der Waals surface area contributed by atoms with Gasteiger partial charge in [0.2, 0.25) is 17.6 Å². The van der Waals surface area contributed by atoms with Crippen molar-refractivity contribution in [1.29, 1.82) is 0 Å². The molecule has 0 aliphatic rings. The Hall–Kier alpha value is -2.55. The quantitative estimate of drug-likeness (QED) is 0.537. The maximum absolute atomic E-state index is 13.2. The molecular weight excluding hydrogens is 285 g/mol. The summed E-state index contributed by atoms with van der Waals surface area (Å²) in [7, 11) is 1.31. The van der Waals surface area contributed by atoms with E-state index in [1.807, 2.05) is 0 Å². The van der Waals surface area contributed by atoms with Gasteiger partial charge in [-0.05, 0) is 11.6 Å². The molecule has 1 rings (SSSR count). The summed E-state index contributed by atoms with van der Waals surface area (Å²) >= 11 is 0. The first-order valence-corrected chi connectivity index (χ1v) is 5.85. The third-order valence-corrected chi connectivity index (χ3v) is 2.60. The van der Waals surface area contributed by atoms with E-state index < -0.39 is 34.3 Å². The van der Waals surface area contributed by atoms with Crippen molar-refractivity contribution < 1.29 is 23.6 Å². The number of ether oxygens (including phenoxy) is 1. The van der Waals surface area contributed by atoms with Crippen LogP contribution in [0.25, 0.3) is 0 Å². The smallest absolute Gasteiger partial charge is 0.305 e. The number of nitro benzene ring substituents is 1. The van der Waals surface area contributed by atoms with Crippen LogP contribution in [0.15, 0.2) is 18.2 Å². The van der Waals surface area contributed by atoms with E-state index in [0.29, 0.717) is 5.56 Å². The zero-order chi connectivity index (χ0) is 16.0. The van der Waals surface area contributed by atoms with Crippen molar-refractivity contribution in [2.24, 2.45) is 5.73 Å². The second kappa shape index (κ2) is 7.29. The van der Waals surface area contributed by atoms with Crippen molar-refractivity contribution in [3.8, 4) is 0 Å². The summed E-state index contributed by atoms with van der Waals surface area (Å²) in [6, 6.07) is 2.12. The Labute approximate surface area is 119 Å². The number of benzene rings is 1. The van der Waals surface area contributed by atoms with Crippen LogP contribution in [0.2, 0.25) is 0 Å². The van der Waals surface area contributed by atoms with Crippen molar-refractivity contribution >= 4 is 17.5 Å². The lowest BCUT2D eigenvalue weighted by Crippen LogP contribution is -2.47. The summed E-state index contributed by atoms with van der Waals surface area (Å²) in [6.45, 7) is -0.257. The molecule has 0 saturated carbocycles. The van der Waals surface area contributed by atoms with Gasteiger partial charge in [-0.25, -0.2) is 0 Å². The van der Waals surface area contributed by atoms with Crippen LogP contribution >= 0.6 is 0 Å². The lowest BCUT2D eigenvalue weighted by molar-refractivity contribution is -0.387. The van der Waals surface area contributed by atoms with Gasteiger partial charge >= 0.3 is 5.69 Å². The Balaban J connectivity index is 2.89. The summed E-state index contributed by atoms with van der Waals surface area (Å²) in [5.41, 5.74) is 4.74. The van der Waals surface area contributed by atoms with Gasteiger partial charge in [0.05, 0.1) is 4.92 Å². The molecule has 0 aliphatic heterocycles. The number of hydrogen-bond acceptors (Lipinski definition) is 5. The van der Waals surface area contributed by atoms with E-state index in [2.05, 4.69) is 10.1 Å². The molecule has 1 aromatic rings. The fourth-order valence-electron chi connectivity index (χ4n) is 1.65. The highest BCUT2D eigenvalue weighted by molar-refractivity contribution is 5.87. The van der Waals surface area contributed by atoms with Gasteiger partial charge in [0.1, 0.15) is 12.6 Å². The average Bonchev–Trinajstić information content (AvgIpc) is 2.39. The third kappa shape index (κ3) is 4.80. The predicted octanol–water partition coefficient (Wildman–Crippen LogP) is -0.107. The van der Waals surface area contributed by atoms with Crippen LogP contribution in [0, 0.1) is 15.9 Å². The molecule has 0 saturated heterocycles. The first-order valence-electron chi connectivity index (χ1n) is 5.85. The molecule has 0 aliphatic carbocycles. The van der Waals surface area contributed by atoms with Gasteiger partial charge in [-0.1, -0.05) is 6.07 Å². The van der Waals surface area contributed by atoms with Crippen LogP contribution in [0.3, 0.4) is 0 Å². The topological polar surface area (TPSA) is 125 Å². The second-order valence-electron chi connectivity index (χ2n) is 4.20. The van der Waals surface area contributed by atoms with Crippen molar-refractivity contribution in [1.82, 2.24) is 5.32 Å². The minimum Gasteiger partial charge on any atom is -0.375 e. The molecule has 8 nitrogen and oxygen atoms in total. The summed E-state index contributed by atoms with van der Waals surface area (Å²) in [5, 5.41) is 13.0. The molecular formula is C12H14FN3O5. The molecule has 0 bridgehead atoms. The number of nitro groups is 1. The number of halogens is 1. The van der Waals surface area contributed by atoms with E-state index in [1.54, 1.807) is 0 Å². The Morgan fingerprint density at radius 3 is 2.71 bits per heavy atom. The van der Waals surface area contributed by atoms with Crippen molar-refractivity contribution in [3.05, 3.63) is 39.7 Å². The third-order valence-electron chi connectivity index (χ3n) is 2.60. The van der Waals surface area contributed by atoms with Gasteiger partial charge in [-0.15, -0.1) is 0 Å². The van der Waals surface area contributed by atoms with E-state index in [-0.39, 0.29) is 13.0 Å². The lowest BCUT2D eigenvalue weighted by Gasteiger charge is -2.15. The number of nitrogens with two attached hydrogens (primary N) is 1. The van der Waals surface area contributed by atoms with Crippen molar-refractivity contribution in [2.75, 3.05) is 13.7 Å². The monoisotopic (exact) mass is 299 g/mol. The highest BCUT2D eigenvalue weighted by atomic mass is 19.1. The van der Waals surface area contributed by atoms with Crippen LogP contribution in [-0.4, -0.2) is 36.5 Å². The molecule has 114 valence electrons. The van der Waals surface area contributed by atoms with Crippen molar-refractivity contribution in [3.63, 3.8) is 0 Å². The predicted molar refractivity (Wildman–Crippen MR) is 69.8 cm³/mol. The number of hydrogen-bond donors (Lipinski definition) is 2. The highest BCUT2D eigenvalue weighted by Gasteiger charge is 2.21. The first-order chi connectivity index (χ1) is 9.85. The molecule has 0 unspecified atom stereocenters. The summed E-state index contributed by atoms with van der Waals surface area (Å²) in [5.74, 6) is -2.35. The van der Waals surface area contributed by atoms with E-state index in [0.717, 1.165) is 12.1 Å². The number of amides is 2. The molecule has 0 fully saturated rings. The van der Waals surface area contributed by atoms with Gasteiger partial charge in [-0.2, -0.15) is 4.39 Å². The highest BCUT2D eigenvalue weighted by Crippen LogP contribution is 2.19. The molecule has 3 N–H and O–H groups in total. The zero-order valence-corrected chi connectivity index (χ0v) is 11.2. The Kier molecular flexibility index (Phi) is 5.73. The fourth-order valence-corrected chi connectivity index (χ4v) is 1.65. The van der Waals surface area contributed by atoms with Crippen LogP contribution in [0.4, 0.5) is 10.1 Å². The summed E-state index contributed by atoms with van der Waals surface area (Å²) in [6.07, 6.45) is -0.0914. The number of nitrogens with zero attached hydrogens (tertiary/aromatic N) is 1.